The predicted molar refractivity (Wildman–Crippen MR) is 74.8 cm³/mol. The molecule has 1 heterocycles. The van der Waals surface area contributed by atoms with E-state index in [1.165, 1.54) is 12.1 Å². The summed E-state index contributed by atoms with van der Waals surface area (Å²) in [4.78, 5) is 4.00. The maximum atomic E-state index is 12.2. The van der Waals surface area contributed by atoms with Crippen LogP contribution in [0.1, 0.15) is 6.42 Å². The largest absolute Gasteiger partial charge is 0.398 e. The number of hydrogen-bond acceptors (Lipinski definition) is 4. The molecule has 5 nitrogen and oxygen atoms in total. The van der Waals surface area contributed by atoms with Crippen molar-refractivity contribution in [2.45, 2.75) is 17.9 Å². The highest BCUT2D eigenvalue weighted by Crippen LogP contribution is 2.24. The molecule has 2 aromatic rings. The summed E-state index contributed by atoms with van der Waals surface area (Å²) in [6.45, 7) is 0.597. The third kappa shape index (κ3) is 3.48. The number of nitrogen functional groups attached to an aromatic ring is 1. The molecule has 0 aliphatic heterocycles. The van der Waals surface area contributed by atoms with Gasteiger partial charge in [0.05, 0.1) is 22.7 Å². The first-order valence-electron chi connectivity index (χ1n) is 5.72. The van der Waals surface area contributed by atoms with E-state index in [9.17, 15) is 8.42 Å². The van der Waals surface area contributed by atoms with Gasteiger partial charge < -0.3 is 10.3 Å². The van der Waals surface area contributed by atoms with Gasteiger partial charge in [-0.15, -0.1) is 0 Å². The SMILES string of the molecule is Nc1ccc(Cl)cc1S(=O)(=O)CCCn1ccnc1. The van der Waals surface area contributed by atoms with Gasteiger partial charge in [-0.25, -0.2) is 13.4 Å². The van der Waals surface area contributed by atoms with Gasteiger partial charge in [-0.2, -0.15) is 0 Å². The zero-order chi connectivity index (χ0) is 13.9. The second-order valence-electron chi connectivity index (χ2n) is 4.16. The molecule has 0 unspecified atom stereocenters. The Labute approximate surface area is 116 Å². The lowest BCUT2D eigenvalue weighted by molar-refractivity contribution is 0.586. The Kier molecular flexibility index (Phi) is 4.11. The minimum Gasteiger partial charge on any atom is -0.398 e. The molecule has 1 aromatic heterocycles. The third-order valence-electron chi connectivity index (χ3n) is 2.70. The van der Waals surface area contributed by atoms with Crippen molar-refractivity contribution in [2.24, 2.45) is 0 Å². The van der Waals surface area contributed by atoms with Gasteiger partial charge in [0.2, 0.25) is 0 Å². The van der Waals surface area contributed by atoms with Crippen molar-refractivity contribution in [3.8, 4) is 0 Å². The van der Waals surface area contributed by atoms with Crippen molar-refractivity contribution in [1.29, 1.82) is 0 Å². The van der Waals surface area contributed by atoms with Crippen LogP contribution in [0.25, 0.3) is 0 Å². The fourth-order valence-corrected chi connectivity index (χ4v) is 3.44. The van der Waals surface area contributed by atoms with Crippen LogP contribution in [0.2, 0.25) is 5.02 Å². The molecule has 0 radical (unpaired) electrons. The monoisotopic (exact) mass is 299 g/mol. The van der Waals surface area contributed by atoms with Gasteiger partial charge in [0.15, 0.2) is 9.84 Å². The average Bonchev–Trinajstić information content (AvgIpc) is 2.85. The van der Waals surface area contributed by atoms with Gasteiger partial charge >= 0.3 is 0 Å². The zero-order valence-electron chi connectivity index (χ0n) is 10.2. The Morgan fingerprint density at radius 1 is 1.37 bits per heavy atom. The number of rotatable bonds is 5. The molecule has 0 aliphatic carbocycles. The lowest BCUT2D eigenvalue weighted by atomic mass is 10.3. The van der Waals surface area contributed by atoms with Crippen molar-refractivity contribution >= 4 is 27.1 Å². The first-order chi connectivity index (χ1) is 8.99. The highest BCUT2D eigenvalue weighted by molar-refractivity contribution is 7.91. The van der Waals surface area contributed by atoms with Gasteiger partial charge in [0, 0.05) is 24.0 Å². The topological polar surface area (TPSA) is 78.0 Å². The first kappa shape index (κ1) is 13.9. The number of benzene rings is 1. The third-order valence-corrected chi connectivity index (χ3v) is 4.78. The Morgan fingerprint density at radius 2 is 2.16 bits per heavy atom. The molecule has 0 amide bonds. The fourth-order valence-electron chi connectivity index (χ4n) is 1.74. The number of halogens is 1. The number of nitrogens with zero attached hydrogens (tertiary/aromatic N) is 2. The molecule has 7 heteroatoms. The lowest BCUT2D eigenvalue weighted by Gasteiger charge is -2.08. The normalized spacial score (nSPS) is 11.6. The van der Waals surface area contributed by atoms with Gasteiger partial charge in [-0.05, 0) is 24.6 Å². The second kappa shape index (κ2) is 5.63. The van der Waals surface area contributed by atoms with Gasteiger partial charge in [0.25, 0.3) is 0 Å². The van der Waals surface area contributed by atoms with E-state index in [-0.39, 0.29) is 16.3 Å². The van der Waals surface area contributed by atoms with E-state index in [0.29, 0.717) is 18.0 Å². The molecular formula is C12H14ClN3O2S. The highest BCUT2D eigenvalue weighted by Gasteiger charge is 2.17. The number of hydrogen-bond donors (Lipinski definition) is 1. The molecule has 1 aromatic carbocycles. The summed E-state index contributed by atoms with van der Waals surface area (Å²) in [5, 5.41) is 0.363. The molecule has 0 spiro atoms. The Bertz CT molecular complexity index is 654. The van der Waals surface area contributed by atoms with E-state index in [1.807, 2.05) is 4.57 Å². The van der Waals surface area contributed by atoms with Gasteiger partial charge in [0.1, 0.15) is 0 Å². The van der Waals surface area contributed by atoms with Crippen molar-refractivity contribution in [1.82, 2.24) is 9.55 Å². The van der Waals surface area contributed by atoms with Crippen LogP contribution in [-0.2, 0) is 16.4 Å². The molecular weight excluding hydrogens is 286 g/mol. The molecule has 19 heavy (non-hydrogen) atoms. The smallest absolute Gasteiger partial charge is 0.180 e. The molecule has 0 saturated heterocycles. The highest BCUT2D eigenvalue weighted by atomic mass is 35.5. The maximum Gasteiger partial charge on any atom is 0.180 e. The summed E-state index contributed by atoms with van der Waals surface area (Å²) in [5.74, 6) is 0.0235. The first-order valence-corrected chi connectivity index (χ1v) is 7.75. The number of aryl methyl sites for hydroxylation is 1. The van der Waals surface area contributed by atoms with E-state index >= 15 is 0 Å². The number of aromatic nitrogens is 2. The Hall–Kier alpha value is -1.53. The van der Waals surface area contributed by atoms with E-state index in [4.69, 9.17) is 17.3 Å². The number of imidazole rings is 1. The second-order valence-corrected chi connectivity index (χ2v) is 6.67. The van der Waals surface area contributed by atoms with Crippen molar-refractivity contribution in [3.63, 3.8) is 0 Å². The summed E-state index contributed by atoms with van der Waals surface area (Å²) in [6.07, 6.45) is 5.59. The maximum absolute atomic E-state index is 12.2. The molecule has 0 saturated carbocycles. The number of anilines is 1. The van der Waals surface area contributed by atoms with Gasteiger partial charge in [-0.1, -0.05) is 11.6 Å². The lowest BCUT2D eigenvalue weighted by Crippen LogP contribution is -2.11. The van der Waals surface area contributed by atoms with Crippen LogP contribution in [0, 0.1) is 0 Å². The van der Waals surface area contributed by atoms with Crippen LogP contribution in [0.15, 0.2) is 41.8 Å². The van der Waals surface area contributed by atoms with Gasteiger partial charge in [-0.3, -0.25) is 0 Å². The Morgan fingerprint density at radius 3 is 2.84 bits per heavy atom. The fraction of sp³-hybridized carbons (Fsp3) is 0.250. The molecule has 0 atom stereocenters. The summed E-state index contributed by atoms with van der Waals surface area (Å²) in [6, 6.07) is 4.47. The molecule has 2 rings (SSSR count). The van der Waals surface area contributed by atoms with E-state index < -0.39 is 9.84 Å². The summed E-state index contributed by atoms with van der Waals surface area (Å²) >= 11 is 5.81. The predicted octanol–water partition coefficient (Wildman–Crippen LogP) is 1.98. The van der Waals surface area contributed by atoms with E-state index in [2.05, 4.69) is 4.98 Å². The van der Waals surface area contributed by atoms with Crippen LogP contribution in [0.4, 0.5) is 5.69 Å². The van der Waals surface area contributed by atoms with Crippen molar-refractivity contribution in [3.05, 3.63) is 41.9 Å². The molecule has 102 valence electrons. The van der Waals surface area contributed by atoms with Crippen molar-refractivity contribution in [2.75, 3.05) is 11.5 Å². The summed E-state index contributed by atoms with van der Waals surface area (Å²) < 4.78 is 26.2. The Balaban J connectivity index is 2.07. The minimum atomic E-state index is -3.41. The minimum absolute atomic E-state index is 0.0235. The van der Waals surface area contributed by atoms with E-state index in [1.54, 1.807) is 24.8 Å². The standard InChI is InChI=1S/C12H14ClN3O2S/c13-10-2-3-11(14)12(8-10)19(17,18)7-1-5-16-6-4-15-9-16/h2-4,6,8-9H,1,5,7,14H2. The molecule has 0 fully saturated rings. The molecule has 0 aliphatic rings. The summed E-state index contributed by atoms with van der Waals surface area (Å²) in [7, 11) is -3.41. The van der Waals surface area contributed by atoms with Crippen LogP contribution < -0.4 is 5.73 Å². The van der Waals surface area contributed by atoms with Crippen LogP contribution in [0.3, 0.4) is 0 Å². The molecule has 2 N–H and O–H groups in total. The van der Waals surface area contributed by atoms with Crippen LogP contribution in [-0.4, -0.2) is 23.7 Å². The number of sulfone groups is 1. The molecule has 0 bridgehead atoms. The van der Waals surface area contributed by atoms with Crippen molar-refractivity contribution < 1.29 is 8.42 Å². The average molecular weight is 300 g/mol. The zero-order valence-corrected chi connectivity index (χ0v) is 11.7. The van der Waals surface area contributed by atoms with Crippen LogP contribution >= 0.6 is 11.6 Å². The quantitative estimate of drug-likeness (QED) is 0.856. The van der Waals surface area contributed by atoms with E-state index in [0.717, 1.165) is 0 Å². The van der Waals surface area contributed by atoms with Crippen LogP contribution in [0.5, 0.6) is 0 Å². The number of nitrogens with two attached hydrogens (primary N) is 1. The summed E-state index contributed by atoms with van der Waals surface area (Å²) in [5.41, 5.74) is 5.92.